The maximum absolute atomic E-state index is 13.8. The standard InChI is InChI=1S/C31H32FN3O4/c1-21-7-6-10-25(19-21)29(37)34-17-15-31(16-18-34)35(30(38)24-11-13-26(32)14-12-24)27(20-39-31)28(36)33-22(2)23-8-4-3-5-9-23/h3-14,19,22,27H,15-18,20H2,1-2H3,(H,33,36)/t22-,27+/m1/s1. The van der Waals surface area contributed by atoms with Gasteiger partial charge in [-0.1, -0.05) is 48.0 Å². The van der Waals surface area contributed by atoms with E-state index in [1.165, 1.54) is 29.2 Å². The van der Waals surface area contributed by atoms with Crippen molar-refractivity contribution in [2.75, 3.05) is 19.7 Å². The summed E-state index contributed by atoms with van der Waals surface area (Å²) in [5.41, 5.74) is 1.78. The van der Waals surface area contributed by atoms with Gasteiger partial charge in [0, 0.05) is 37.1 Å². The number of nitrogens with zero attached hydrogens (tertiary/aromatic N) is 2. The lowest BCUT2D eigenvalue weighted by Gasteiger charge is -2.44. The van der Waals surface area contributed by atoms with Crippen LogP contribution in [-0.2, 0) is 9.53 Å². The van der Waals surface area contributed by atoms with Crippen molar-refractivity contribution >= 4 is 17.7 Å². The lowest BCUT2D eigenvalue weighted by molar-refractivity contribution is -0.128. The van der Waals surface area contributed by atoms with E-state index in [0.29, 0.717) is 31.5 Å². The molecule has 0 radical (unpaired) electrons. The van der Waals surface area contributed by atoms with Gasteiger partial charge in [0.15, 0.2) is 0 Å². The third-order valence-corrected chi connectivity index (χ3v) is 7.63. The number of hydrogen-bond donors (Lipinski definition) is 1. The molecule has 0 aliphatic carbocycles. The van der Waals surface area contributed by atoms with Crippen LogP contribution in [0.2, 0.25) is 0 Å². The minimum Gasteiger partial charge on any atom is -0.353 e. The van der Waals surface area contributed by atoms with Gasteiger partial charge in [-0.05, 0) is 55.8 Å². The number of hydrogen-bond acceptors (Lipinski definition) is 4. The second-order valence-electron chi connectivity index (χ2n) is 10.3. The predicted octanol–water partition coefficient (Wildman–Crippen LogP) is 4.49. The number of aryl methyl sites for hydroxylation is 1. The maximum atomic E-state index is 13.8. The Balaban J connectivity index is 1.38. The summed E-state index contributed by atoms with van der Waals surface area (Å²) in [5.74, 6) is -1.25. The van der Waals surface area contributed by atoms with Crippen molar-refractivity contribution in [1.82, 2.24) is 15.1 Å². The van der Waals surface area contributed by atoms with Crippen molar-refractivity contribution in [3.05, 3.63) is 107 Å². The zero-order valence-corrected chi connectivity index (χ0v) is 22.1. The molecule has 0 bridgehead atoms. The summed E-state index contributed by atoms with van der Waals surface area (Å²) >= 11 is 0. The zero-order valence-electron chi connectivity index (χ0n) is 22.1. The second kappa shape index (κ2) is 11.0. The van der Waals surface area contributed by atoms with E-state index in [4.69, 9.17) is 4.74 Å². The van der Waals surface area contributed by atoms with Gasteiger partial charge in [-0.25, -0.2) is 4.39 Å². The van der Waals surface area contributed by atoms with E-state index in [9.17, 15) is 18.8 Å². The molecule has 2 fully saturated rings. The summed E-state index contributed by atoms with van der Waals surface area (Å²) < 4.78 is 19.9. The molecule has 2 heterocycles. The van der Waals surface area contributed by atoms with E-state index in [-0.39, 0.29) is 30.0 Å². The topological polar surface area (TPSA) is 79.0 Å². The van der Waals surface area contributed by atoms with E-state index in [1.54, 1.807) is 11.0 Å². The largest absolute Gasteiger partial charge is 0.353 e. The van der Waals surface area contributed by atoms with Crippen LogP contribution in [0, 0.1) is 12.7 Å². The number of piperidine rings is 1. The van der Waals surface area contributed by atoms with Crippen molar-refractivity contribution in [2.45, 2.75) is 44.5 Å². The van der Waals surface area contributed by atoms with E-state index in [0.717, 1.165) is 11.1 Å². The minimum atomic E-state index is -1.05. The van der Waals surface area contributed by atoms with Crippen molar-refractivity contribution in [2.24, 2.45) is 0 Å². The third kappa shape index (κ3) is 5.43. The average molecular weight is 530 g/mol. The van der Waals surface area contributed by atoms with Gasteiger partial charge in [0.25, 0.3) is 11.8 Å². The van der Waals surface area contributed by atoms with Crippen LogP contribution < -0.4 is 5.32 Å². The lowest BCUT2D eigenvalue weighted by atomic mass is 9.95. The molecule has 0 aromatic heterocycles. The van der Waals surface area contributed by atoms with Gasteiger partial charge >= 0.3 is 0 Å². The van der Waals surface area contributed by atoms with Gasteiger partial charge < -0.3 is 15.0 Å². The Bertz CT molecular complexity index is 1350. The Morgan fingerprint density at radius 2 is 1.62 bits per heavy atom. The molecule has 2 aliphatic rings. The van der Waals surface area contributed by atoms with E-state index < -0.39 is 23.5 Å². The monoisotopic (exact) mass is 529 g/mol. The van der Waals surface area contributed by atoms with Crippen molar-refractivity contribution in [1.29, 1.82) is 0 Å². The number of rotatable bonds is 5. The predicted molar refractivity (Wildman–Crippen MR) is 144 cm³/mol. The molecule has 3 aromatic rings. The molecule has 202 valence electrons. The number of ether oxygens (including phenoxy) is 1. The van der Waals surface area contributed by atoms with Crippen LogP contribution >= 0.6 is 0 Å². The van der Waals surface area contributed by atoms with Gasteiger partial charge in [0.2, 0.25) is 5.91 Å². The summed E-state index contributed by atoms with van der Waals surface area (Å²) in [6.45, 7) is 4.60. The van der Waals surface area contributed by atoms with Crippen LogP contribution in [0.5, 0.6) is 0 Å². The summed E-state index contributed by atoms with van der Waals surface area (Å²) in [4.78, 5) is 43.8. The second-order valence-corrected chi connectivity index (χ2v) is 10.3. The number of halogens is 1. The molecule has 2 aliphatic heterocycles. The Kier molecular flexibility index (Phi) is 7.48. The number of amides is 3. The van der Waals surface area contributed by atoms with Gasteiger partial charge in [0.05, 0.1) is 12.6 Å². The van der Waals surface area contributed by atoms with Crippen molar-refractivity contribution in [3.8, 4) is 0 Å². The highest BCUT2D eigenvalue weighted by Crippen LogP contribution is 2.39. The van der Waals surface area contributed by atoms with Crippen LogP contribution in [0.1, 0.15) is 57.7 Å². The van der Waals surface area contributed by atoms with E-state index in [2.05, 4.69) is 5.32 Å². The molecule has 3 aromatic carbocycles. The number of nitrogens with one attached hydrogen (secondary N) is 1. The summed E-state index contributed by atoms with van der Waals surface area (Å²) in [6.07, 6.45) is 0.713. The van der Waals surface area contributed by atoms with Crippen molar-refractivity contribution < 1.29 is 23.5 Å². The first-order chi connectivity index (χ1) is 18.8. The molecular weight excluding hydrogens is 497 g/mol. The fourth-order valence-electron chi connectivity index (χ4n) is 5.45. The highest BCUT2D eigenvalue weighted by atomic mass is 19.1. The molecule has 3 amide bonds. The first-order valence-corrected chi connectivity index (χ1v) is 13.2. The number of benzene rings is 3. The van der Waals surface area contributed by atoms with Crippen LogP contribution in [0.25, 0.3) is 0 Å². The first kappa shape index (κ1) is 26.6. The fourth-order valence-corrected chi connectivity index (χ4v) is 5.45. The molecule has 0 saturated carbocycles. The summed E-state index contributed by atoms with van der Waals surface area (Å²) in [7, 11) is 0. The maximum Gasteiger partial charge on any atom is 0.256 e. The van der Waals surface area contributed by atoms with Gasteiger partial charge in [-0.2, -0.15) is 0 Å². The van der Waals surface area contributed by atoms with E-state index in [1.807, 2.05) is 62.4 Å². The fraction of sp³-hybridized carbons (Fsp3) is 0.323. The smallest absolute Gasteiger partial charge is 0.256 e. The number of carbonyl (C=O) groups is 3. The van der Waals surface area contributed by atoms with E-state index >= 15 is 0 Å². The molecule has 8 heteroatoms. The molecule has 2 saturated heterocycles. The highest BCUT2D eigenvalue weighted by Gasteiger charge is 2.54. The molecule has 0 unspecified atom stereocenters. The Hall–Kier alpha value is -4.04. The van der Waals surface area contributed by atoms with Crippen molar-refractivity contribution in [3.63, 3.8) is 0 Å². The SMILES string of the molecule is Cc1cccc(C(=O)N2CCC3(CC2)OC[C@@H](C(=O)N[C@H](C)c2ccccc2)N3C(=O)c2ccc(F)cc2)c1. The quantitative estimate of drug-likeness (QED) is 0.529. The molecule has 1 N–H and O–H groups in total. The normalized spacial score (nSPS) is 19.1. The third-order valence-electron chi connectivity index (χ3n) is 7.63. The summed E-state index contributed by atoms with van der Waals surface area (Å²) in [5, 5.41) is 3.02. The minimum absolute atomic E-state index is 0.0338. The number of likely N-dealkylation sites (tertiary alicyclic amines) is 1. The molecule has 39 heavy (non-hydrogen) atoms. The van der Waals surface area contributed by atoms with Crippen LogP contribution in [-0.4, -0.2) is 59.0 Å². The summed E-state index contributed by atoms with van der Waals surface area (Å²) in [6, 6.07) is 21.2. The number of carbonyl (C=O) groups excluding carboxylic acids is 3. The van der Waals surface area contributed by atoms with Gasteiger partial charge in [0.1, 0.15) is 17.6 Å². The molecule has 1 spiro atoms. The van der Waals surface area contributed by atoms with Crippen LogP contribution in [0.3, 0.4) is 0 Å². The van der Waals surface area contributed by atoms with Gasteiger partial charge in [-0.15, -0.1) is 0 Å². The average Bonchev–Trinajstić information content (AvgIpc) is 3.32. The Morgan fingerprint density at radius 1 is 0.923 bits per heavy atom. The first-order valence-electron chi connectivity index (χ1n) is 13.2. The highest BCUT2D eigenvalue weighted by molar-refractivity contribution is 5.98. The Morgan fingerprint density at radius 3 is 2.28 bits per heavy atom. The zero-order chi connectivity index (χ0) is 27.6. The molecule has 2 atom stereocenters. The Labute approximate surface area is 227 Å². The van der Waals surface area contributed by atoms with Gasteiger partial charge in [-0.3, -0.25) is 19.3 Å². The lowest BCUT2D eigenvalue weighted by Crippen LogP contribution is -2.60. The molecule has 7 nitrogen and oxygen atoms in total. The van der Waals surface area contributed by atoms with Crippen LogP contribution in [0.15, 0.2) is 78.9 Å². The van der Waals surface area contributed by atoms with Crippen LogP contribution in [0.4, 0.5) is 4.39 Å². The molecule has 5 rings (SSSR count). The molecular formula is C31H32FN3O4.